The molecule has 0 aliphatic rings. The van der Waals surface area contributed by atoms with Gasteiger partial charge in [-0.25, -0.2) is 0 Å². The fourth-order valence-corrected chi connectivity index (χ4v) is 2.40. The number of aromatic nitrogens is 1. The van der Waals surface area contributed by atoms with Crippen LogP contribution in [0.2, 0.25) is 0 Å². The summed E-state index contributed by atoms with van der Waals surface area (Å²) >= 11 is 0. The van der Waals surface area contributed by atoms with Gasteiger partial charge in [-0.1, -0.05) is 31.5 Å². The van der Waals surface area contributed by atoms with Crippen LogP contribution in [0.5, 0.6) is 0 Å². The summed E-state index contributed by atoms with van der Waals surface area (Å²) in [5, 5.41) is 1.58. The summed E-state index contributed by atoms with van der Waals surface area (Å²) in [5.74, 6) is -0.0241. The molecule has 1 amide bonds. The van der Waals surface area contributed by atoms with E-state index in [1.165, 1.54) is 0 Å². The molecule has 0 aliphatic heterocycles. The number of pyridine rings is 1. The molecule has 0 spiro atoms. The van der Waals surface area contributed by atoms with Crippen molar-refractivity contribution in [1.82, 2.24) is 9.47 Å². The fourth-order valence-electron chi connectivity index (χ4n) is 2.40. The minimum absolute atomic E-state index is 0.0241. The van der Waals surface area contributed by atoms with E-state index >= 15 is 0 Å². The normalized spacial score (nSPS) is 10.8. The molecule has 0 aliphatic carbocycles. The largest absolute Gasteiger partial charge is 0.344 e. The van der Waals surface area contributed by atoms with Gasteiger partial charge in [0.05, 0.1) is 0 Å². The number of carbonyl (C=O) groups is 1. The summed E-state index contributed by atoms with van der Waals surface area (Å²) in [6, 6.07) is 9.44. The summed E-state index contributed by atoms with van der Waals surface area (Å²) < 4.78 is 1.56. The van der Waals surface area contributed by atoms with E-state index in [-0.39, 0.29) is 18.0 Å². The molecule has 0 radical (unpaired) electrons. The highest BCUT2D eigenvalue weighted by Gasteiger charge is 2.13. The number of unbranched alkanes of at least 4 members (excludes halogenated alkanes) is 1. The van der Waals surface area contributed by atoms with E-state index in [1.54, 1.807) is 22.6 Å². The van der Waals surface area contributed by atoms with Crippen LogP contribution in [0.3, 0.4) is 0 Å². The maximum absolute atomic E-state index is 12.5. The molecule has 1 heterocycles. The quantitative estimate of drug-likeness (QED) is 0.847. The Kier molecular flexibility index (Phi) is 4.78. The molecule has 1 aromatic carbocycles. The van der Waals surface area contributed by atoms with Gasteiger partial charge in [0.1, 0.15) is 6.54 Å². The average molecular weight is 286 g/mol. The first kappa shape index (κ1) is 15.3. The first-order valence-corrected chi connectivity index (χ1v) is 7.37. The van der Waals surface area contributed by atoms with Gasteiger partial charge in [0.2, 0.25) is 5.91 Å². The smallest absolute Gasteiger partial charge is 0.259 e. The SMILES string of the molecule is CCCCN(C)C(=O)Cn1c(C)cc2ccccc2c1=O. The number of amides is 1. The maximum Gasteiger partial charge on any atom is 0.259 e. The second kappa shape index (κ2) is 6.57. The Labute approximate surface area is 125 Å². The summed E-state index contributed by atoms with van der Waals surface area (Å²) in [6.45, 7) is 4.80. The topological polar surface area (TPSA) is 42.3 Å². The molecule has 0 unspecified atom stereocenters. The van der Waals surface area contributed by atoms with E-state index in [1.807, 2.05) is 31.2 Å². The van der Waals surface area contributed by atoms with Crippen molar-refractivity contribution in [2.45, 2.75) is 33.2 Å². The number of hydrogen-bond donors (Lipinski definition) is 0. The molecule has 0 saturated heterocycles. The van der Waals surface area contributed by atoms with E-state index in [0.29, 0.717) is 5.39 Å². The zero-order valence-corrected chi connectivity index (χ0v) is 12.9. The second-order valence-corrected chi connectivity index (χ2v) is 5.43. The van der Waals surface area contributed by atoms with Crippen LogP contribution in [0.1, 0.15) is 25.5 Å². The van der Waals surface area contributed by atoms with Gasteiger partial charge in [-0.3, -0.25) is 9.59 Å². The number of fused-ring (bicyclic) bond motifs is 1. The minimum atomic E-state index is -0.0946. The van der Waals surface area contributed by atoms with Gasteiger partial charge in [0.15, 0.2) is 0 Å². The summed E-state index contributed by atoms with van der Waals surface area (Å²) in [4.78, 5) is 26.4. The summed E-state index contributed by atoms with van der Waals surface area (Å²) in [7, 11) is 1.79. The molecule has 21 heavy (non-hydrogen) atoms. The molecular formula is C17H22N2O2. The van der Waals surface area contributed by atoms with Gasteiger partial charge < -0.3 is 9.47 Å². The van der Waals surface area contributed by atoms with Crippen LogP contribution in [0.15, 0.2) is 35.1 Å². The lowest BCUT2D eigenvalue weighted by molar-refractivity contribution is -0.130. The fraction of sp³-hybridized carbons (Fsp3) is 0.412. The molecule has 4 heteroatoms. The third-order valence-electron chi connectivity index (χ3n) is 3.79. The lowest BCUT2D eigenvalue weighted by Gasteiger charge is -2.18. The number of carbonyl (C=O) groups excluding carboxylic acids is 1. The molecule has 4 nitrogen and oxygen atoms in total. The van der Waals surface area contributed by atoms with Gasteiger partial charge in [0, 0.05) is 24.7 Å². The molecule has 2 aromatic rings. The third-order valence-corrected chi connectivity index (χ3v) is 3.79. The molecule has 2 rings (SSSR count). The monoisotopic (exact) mass is 286 g/mol. The van der Waals surface area contributed by atoms with E-state index in [4.69, 9.17) is 0 Å². The Morgan fingerprint density at radius 3 is 2.71 bits per heavy atom. The molecular weight excluding hydrogens is 264 g/mol. The van der Waals surface area contributed by atoms with Gasteiger partial charge in [-0.2, -0.15) is 0 Å². The van der Waals surface area contributed by atoms with Crippen LogP contribution < -0.4 is 5.56 Å². The standard InChI is InChI=1S/C17H22N2O2/c1-4-5-10-18(3)16(20)12-19-13(2)11-14-8-6-7-9-15(14)17(19)21/h6-9,11H,4-5,10,12H2,1-3H3. The minimum Gasteiger partial charge on any atom is -0.344 e. The zero-order valence-electron chi connectivity index (χ0n) is 12.9. The molecule has 112 valence electrons. The van der Waals surface area contributed by atoms with Crippen LogP contribution in [-0.4, -0.2) is 29.0 Å². The number of rotatable bonds is 5. The Morgan fingerprint density at radius 1 is 1.29 bits per heavy atom. The van der Waals surface area contributed by atoms with Gasteiger partial charge in [0.25, 0.3) is 5.56 Å². The van der Waals surface area contributed by atoms with Crippen molar-refractivity contribution in [3.63, 3.8) is 0 Å². The van der Waals surface area contributed by atoms with E-state index in [2.05, 4.69) is 6.92 Å². The van der Waals surface area contributed by atoms with Gasteiger partial charge >= 0.3 is 0 Å². The molecule has 0 saturated carbocycles. The predicted molar refractivity (Wildman–Crippen MR) is 85.5 cm³/mol. The van der Waals surface area contributed by atoms with Crippen molar-refractivity contribution in [1.29, 1.82) is 0 Å². The highest BCUT2D eigenvalue weighted by molar-refractivity contribution is 5.82. The number of nitrogens with zero attached hydrogens (tertiary/aromatic N) is 2. The predicted octanol–water partition coefficient (Wildman–Crippen LogP) is 2.57. The Hall–Kier alpha value is -2.10. The molecule has 0 fully saturated rings. The Morgan fingerprint density at radius 2 is 2.00 bits per heavy atom. The van der Waals surface area contributed by atoms with Crippen LogP contribution in [0.4, 0.5) is 0 Å². The van der Waals surface area contributed by atoms with Crippen molar-refractivity contribution >= 4 is 16.7 Å². The number of aryl methyl sites for hydroxylation is 1. The molecule has 0 N–H and O–H groups in total. The van der Waals surface area contributed by atoms with Crippen molar-refractivity contribution in [3.8, 4) is 0 Å². The van der Waals surface area contributed by atoms with Crippen LogP contribution >= 0.6 is 0 Å². The lowest BCUT2D eigenvalue weighted by Crippen LogP contribution is -2.35. The van der Waals surface area contributed by atoms with Gasteiger partial charge in [-0.05, 0) is 30.9 Å². The first-order valence-electron chi connectivity index (χ1n) is 7.37. The molecule has 0 atom stereocenters. The van der Waals surface area contributed by atoms with E-state index in [0.717, 1.165) is 30.5 Å². The van der Waals surface area contributed by atoms with Crippen molar-refractivity contribution < 1.29 is 4.79 Å². The molecule has 1 aromatic heterocycles. The van der Waals surface area contributed by atoms with Crippen molar-refractivity contribution in [3.05, 3.63) is 46.4 Å². The molecule has 0 bridgehead atoms. The Balaban J connectivity index is 2.30. The summed E-state index contributed by atoms with van der Waals surface area (Å²) in [6.07, 6.45) is 2.03. The number of benzene rings is 1. The number of likely N-dealkylation sites (N-methyl/N-ethyl adjacent to an activating group) is 1. The zero-order chi connectivity index (χ0) is 15.4. The Bertz CT molecular complexity index is 703. The highest BCUT2D eigenvalue weighted by atomic mass is 16.2. The van der Waals surface area contributed by atoms with Crippen LogP contribution in [0, 0.1) is 6.92 Å². The first-order chi connectivity index (χ1) is 10.0. The van der Waals surface area contributed by atoms with Crippen LogP contribution in [0.25, 0.3) is 10.8 Å². The highest BCUT2D eigenvalue weighted by Crippen LogP contribution is 2.11. The van der Waals surface area contributed by atoms with Crippen LogP contribution in [-0.2, 0) is 11.3 Å². The van der Waals surface area contributed by atoms with Crippen molar-refractivity contribution in [2.24, 2.45) is 0 Å². The number of hydrogen-bond acceptors (Lipinski definition) is 2. The summed E-state index contributed by atoms with van der Waals surface area (Å²) in [5.41, 5.74) is 0.721. The third kappa shape index (κ3) is 3.32. The van der Waals surface area contributed by atoms with Crippen molar-refractivity contribution in [2.75, 3.05) is 13.6 Å². The van der Waals surface area contributed by atoms with E-state index in [9.17, 15) is 9.59 Å². The van der Waals surface area contributed by atoms with Gasteiger partial charge in [-0.15, -0.1) is 0 Å². The maximum atomic E-state index is 12.5. The second-order valence-electron chi connectivity index (χ2n) is 5.43. The average Bonchev–Trinajstić information content (AvgIpc) is 2.48. The lowest BCUT2D eigenvalue weighted by atomic mass is 10.1. The van der Waals surface area contributed by atoms with E-state index < -0.39 is 0 Å².